The molecule has 0 bridgehead atoms. The Morgan fingerprint density at radius 3 is 2.21 bits per heavy atom. The molecule has 0 spiro atoms. The number of amides is 1. The van der Waals surface area contributed by atoms with Gasteiger partial charge in [-0.25, -0.2) is 0 Å². The minimum absolute atomic E-state index is 0.141. The van der Waals surface area contributed by atoms with Crippen molar-refractivity contribution in [3.8, 4) is 0 Å². The second-order valence-corrected chi connectivity index (χ2v) is 7.59. The van der Waals surface area contributed by atoms with Crippen molar-refractivity contribution in [2.45, 2.75) is 39.8 Å². The maximum Gasteiger partial charge on any atom is 0.223 e. The van der Waals surface area contributed by atoms with Crippen LogP contribution in [0.1, 0.15) is 37.8 Å². The Morgan fingerprint density at radius 2 is 1.61 bits per heavy atom. The molecule has 3 rings (SSSR count). The van der Waals surface area contributed by atoms with Crippen LogP contribution in [0.2, 0.25) is 0 Å². The lowest BCUT2D eigenvalue weighted by molar-refractivity contribution is -0.126. The van der Waals surface area contributed by atoms with Gasteiger partial charge in [0.05, 0.1) is 0 Å². The third-order valence-corrected chi connectivity index (χ3v) is 5.74. The molecule has 28 heavy (non-hydrogen) atoms. The average Bonchev–Trinajstić information content (AvgIpc) is 2.75. The molecule has 2 aromatic carbocycles. The van der Waals surface area contributed by atoms with E-state index in [2.05, 4.69) is 83.6 Å². The van der Waals surface area contributed by atoms with Gasteiger partial charge in [-0.05, 0) is 63.0 Å². The van der Waals surface area contributed by atoms with E-state index < -0.39 is 0 Å². The summed E-state index contributed by atoms with van der Waals surface area (Å²) in [6.45, 7) is 9.93. The van der Waals surface area contributed by atoms with Crippen LogP contribution in [-0.2, 0) is 17.9 Å². The molecule has 0 unspecified atom stereocenters. The van der Waals surface area contributed by atoms with E-state index in [1.165, 1.54) is 11.3 Å². The number of rotatable bonds is 8. The first kappa shape index (κ1) is 20.4. The van der Waals surface area contributed by atoms with Gasteiger partial charge in [0.2, 0.25) is 5.91 Å². The van der Waals surface area contributed by atoms with Gasteiger partial charge in [-0.2, -0.15) is 0 Å². The Labute approximate surface area is 169 Å². The Balaban J connectivity index is 1.42. The van der Waals surface area contributed by atoms with E-state index in [0.717, 1.165) is 51.1 Å². The zero-order valence-corrected chi connectivity index (χ0v) is 17.2. The normalized spacial score (nSPS) is 15.4. The quantitative estimate of drug-likeness (QED) is 0.751. The van der Waals surface area contributed by atoms with Crippen LogP contribution >= 0.6 is 0 Å². The second kappa shape index (κ2) is 10.3. The summed E-state index contributed by atoms with van der Waals surface area (Å²) in [5.41, 5.74) is 3.75. The highest BCUT2D eigenvalue weighted by Crippen LogP contribution is 2.20. The van der Waals surface area contributed by atoms with Gasteiger partial charge < -0.3 is 10.2 Å². The molecule has 0 atom stereocenters. The smallest absolute Gasteiger partial charge is 0.223 e. The van der Waals surface area contributed by atoms with Crippen LogP contribution in [0.5, 0.6) is 0 Å². The highest BCUT2D eigenvalue weighted by atomic mass is 16.1. The second-order valence-electron chi connectivity index (χ2n) is 7.59. The topological polar surface area (TPSA) is 35.6 Å². The molecule has 2 aromatic rings. The van der Waals surface area contributed by atoms with E-state index in [0.29, 0.717) is 6.54 Å². The average molecular weight is 380 g/mol. The summed E-state index contributed by atoms with van der Waals surface area (Å²) in [5, 5.41) is 3.14. The number of benzene rings is 2. The largest absolute Gasteiger partial charge is 0.372 e. The summed E-state index contributed by atoms with van der Waals surface area (Å²) in [7, 11) is 0. The van der Waals surface area contributed by atoms with Crippen LogP contribution in [0, 0.1) is 5.92 Å². The first-order valence-corrected chi connectivity index (χ1v) is 10.6. The molecule has 1 fully saturated rings. The number of carbonyl (C=O) groups excluding carboxylic acids is 1. The van der Waals surface area contributed by atoms with E-state index in [9.17, 15) is 4.79 Å². The number of likely N-dealkylation sites (tertiary alicyclic amines) is 1. The Hall–Kier alpha value is -2.33. The number of nitrogens with one attached hydrogen (secondary N) is 1. The summed E-state index contributed by atoms with van der Waals surface area (Å²) < 4.78 is 0. The lowest BCUT2D eigenvalue weighted by Gasteiger charge is -2.31. The molecule has 1 aliphatic heterocycles. The molecule has 150 valence electrons. The number of anilines is 1. The summed E-state index contributed by atoms with van der Waals surface area (Å²) in [4.78, 5) is 17.3. The molecule has 0 radical (unpaired) electrons. The molecular weight excluding hydrogens is 346 g/mol. The summed E-state index contributed by atoms with van der Waals surface area (Å²) >= 11 is 0. The number of carbonyl (C=O) groups is 1. The molecule has 1 N–H and O–H groups in total. The summed E-state index contributed by atoms with van der Waals surface area (Å²) in [5.74, 6) is 0.342. The van der Waals surface area contributed by atoms with Crippen molar-refractivity contribution in [1.82, 2.24) is 10.2 Å². The van der Waals surface area contributed by atoms with Crippen molar-refractivity contribution in [3.05, 3.63) is 65.7 Å². The number of hydrogen-bond acceptors (Lipinski definition) is 3. The lowest BCUT2D eigenvalue weighted by Crippen LogP contribution is -2.40. The van der Waals surface area contributed by atoms with Crippen LogP contribution in [0.3, 0.4) is 0 Å². The maximum atomic E-state index is 12.6. The van der Waals surface area contributed by atoms with Crippen molar-refractivity contribution >= 4 is 11.6 Å². The molecule has 4 nitrogen and oxygen atoms in total. The first-order chi connectivity index (χ1) is 13.7. The van der Waals surface area contributed by atoms with Gasteiger partial charge in [0.1, 0.15) is 0 Å². The highest BCUT2D eigenvalue weighted by Gasteiger charge is 2.24. The van der Waals surface area contributed by atoms with Crippen LogP contribution in [0.15, 0.2) is 54.6 Å². The number of piperidine rings is 1. The predicted molar refractivity (Wildman–Crippen MR) is 116 cm³/mol. The van der Waals surface area contributed by atoms with Crippen LogP contribution in [-0.4, -0.2) is 37.0 Å². The van der Waals surface area contributed by atoms with Gasteiger partial charge in [0, 0.05) is 37.8 Å². The summed E-state index contributed by atoms with van der Waals surface area (Å²) in [6, 6.07) is 19.1. The van der Waals surface area contributed by atoms with Crippen LogP contribution < -0.4 is 10.2 Å². The third-order valence-electron chi connectivity index (χ3n) is 5.74. The van der Waals surface area contributed by atoms with Crippen LogP contribution in [0.25, 0.3) is 0 Å². The fourth-order valence-corrected chi connectivity index (χ4v) is 3.94. The van der Waals surface area contributed by atoms with Crippen molar-refractivity contribution in [2.24, 2.45) is 5.92 Å². The van der Waals surface area contributed by atoms with Crippen molar-refractivity contribution in [3.63, 3.8) is 0 Å². The van der Waals surface area contributed by atoms with Crippen molar-refractivity contribution < 1.29 is 4.79 Å². The van der Waals surface area contributed by atoms with Gasteiger partial charge in [-0.1, -0.05) is 42.5 Å². The van der Waals surface area contributed by atoms with Gasteiger partial charge in [0.15, 0.2) is 0 Å². The summed E-state index contributed by atoms with van der Waals surface area (Å²) in [6.07, 6.45) is 1.89. The SMILES string of the molecule is CCN(CC)c1ccc(CNC(=O)C2CCN(Cc3ccccc3)CC2)cc1. The van der Waals surface area contributed by atoms with E-state index in [1.807, 2.05) is 0 Å². The zero-order chi connectivity index (χ0) is 19.8. The van der Waals surface area contributed by atoms with E-state index in [-0.39, 0.29) is 11.8 Å². The van der Waals surface area contributed by atoms with E-state index >= 15 is 0 Å². The fraction of sp³-hybridized carbons (Fsp3) is 0.458. The fourth-order valence-electron chi connectivity index (χ4n) is 3.94. The standard InChI is InChI=1S/C24H33N3O/c1-3-27(4-2)23-12-10-20(11-13-23)18-25-24(28)22-14-16-26(17-15-22)19-21-8-6-5-7-9-21/h5-13,22H,3-4,14-19H2,1-2H3,(H,25,28). The van der Waals surface area contributed by atoms with Gasteiger partial charge >= 0.3 is 0 Å². The minimum atomic E-state index is 0.141. The number of nitrogens with zero attached hydrogens (tertiary/aromatic N) is 2. The molecule has 1 amide bonds. The maximum absolute atomic E-state index is 12.6. The van der Waals surface area contributed by atoms with Crippen molar-refractivity contribution in [1.29, 1.82) is 0 Å². The predicted octanol–water partition coefficient (Wildman–Crippen LogP) is 4.06. The molecule has 0 saturated carbocycles. The molecular formula is C24H33N3O. The van der Waals surface area contributed by atoms with E-state index in [4.69, 9.17) is 0 Å². The minimum Gasteiger partial charge on any atom is -0.372 e. The van der Waals surface area contributed by atoms with Gasteiger partial charge in [0.25, 0.3) is 0 Å². The van der Waals surface area contributed by atoms with Gasteiger partial charge in [-0.3, -0.25) is 9.69 Å². The van der Waals surface area contributed by atoms with Crippen LogP contribution in [0.4, 0.5) is 5.69 Å². The number of hydrogen-bond donors (Lipinski definition) is 1. The molecule has 4 heteroatoms. The first-order valence-electron chi connectivity index (χ1n) is 10.6. The van der Waals surface area contributed by atoms with E-state index in [1.54, 1.807) is 0 Å². The molecule has 0 aliphatic carbocycles. The molecule has 1 saturated heterocycles. The Morgan fingerprint density at radius 1 is 0.964 bits per heavy atom. The lowest BCUT2D eigenvalue weighted by atomic mass is 9.95. The Bertz CT molecular complexity index is 717. The monoisotopic (exact) mass is 379 g/mol. The van der Waals surface area contributed by atoms with Crippen molar-refractivity contribution in [2.75, 3.05) is 31.1 Å². The highest BCUT2D eigenvalue weighted by molar-refractivity contribution is 5.78. The van der Waals surface area contributed by atoms with Gasteiger partial charge in [-0.15, -0.1) is 0 Å². The molecule has 1 aliphatic rings. The molecule has 1 heterocycles. The third kappa shape index (κ3) is 5.59. The zero-order valence-electron chi connectivity index (χ0n) is 17.2. The molecule has 0 aromatic heterocycles. The Kier molecular flexibility index (Phi) is 7.49.